The van der Waals surface area contributed by atoms with Gasteiger partial charge in [0.05, 0.1) is 18.4 Å². The Labute approximate surface area is 157 Å². The van der Waals surface area contributed by atoms with Gasteiger partial charge in [-0.05, 0) is 49.4 Å². The number of pyridine rings is 1. The molecule has 0 saturated heterocycles. The summed E-state index contributed by atoms with van der Waals surface area (Å²) in [6.45, 7) is 1.47. The number of fused-ring (bicyclic) bond motifs is 3. The van der Waals surface area contributed by atoms with Gasteiger partial charge in [-0.3, -0.25) is 4.79 Å². The van der Waals surface area contributed by atoms with Crippen molar-refractivity contribution in [1.82, 2.24) is 4.98 Å². The molecule has 2 heterocycles. The lowest BCUT2D eigenvalue weighted by atomic mass is 9.91. The average molecular weight is 391 g/mol. The highest BCUT2D eigenvalue weighted by Crippen LogP contribution is 2.45. The smallest absolute Gasteiger partial charge is 0.454 e. The number of ether oxygens (including phenoxy) is 1. The molecule has 27 heavy (non-hydrogen) atoms. The van der Waals surface area contributed by atoms with Gasteiger partial charge < -0.3 is 4.74 Å². The highest BCUT2D eigenvalue weighted by atomic mass is 32.1. The Kier molecular flexibility index (Phi) is 4.22. The summed E-state index contributed by atoms with van der Waals surface area (Å²) < 4.78 is 45.2. The van der Waals surface area contributed by atoms with Crippen molar-refractivity contribution in [1.29, 1.82) is 0 Å². The Hall–Kier alpha value is -2.41. The number of methoxy groups -OCH3 is 1. The number of carbonyl (C=O) groups is 1. The van der Waals surface area contributed by atoms with Crippen LogP contribution in [0.1, 0.15) is 32.9 Å². The van der Waals surface area contributed by atoms with E-state index in [1.165, 1.54) is 25.4 Å². The zero-order chi connectivity index (χ0) is 19.3. The topological polar surface area (TPSA) is 39.2 Å². The number of alkyl halides is 3. The molecule has 2 aromatic heterocycles. The lowest BCUT2D eigenvalue weighted by Gasteiger charge is -2.16. The molecular formula is C20H16F3NO2S. The summed E-state index contributed by atoms with van der Waals surface area (Å²) in [7, 11) is 1.52. The van der Waals surface area contributed by atoms with Gasteiger partial charge in [0, 0.05) is 15.8 Å². The monoisotopic (exact) mass is 391 g/mol. The van der Waals surface area contributed by atoms with Crippen LogP contribution in [-0.4, -0.2) is 24.1 Å². The summed E-state index contributed by atoms with van der Waals surface area (Å²) in [4.78, 5) is 18.5. The molecule has 0 radical (unpaired) electrons. The molecule has 0 atom stereocenters. The van der Waals surface area contributed by atoms with Gasteiger partial charge in [-0.1, -0.05) is 12.1 Å². The van der Waals surface area contributed by atoms with Gasteiger partial charge in [0.25, 0.3) is 5.78 Å². The van der Waals surface area contributed by atoms with E-state index in [9.17, 15) is 18.0 Å². The molecular weight excluding hydrogens is 375 g/mol. The van der Waals surface area contributed by atoms with Gasteiger partial charge in [-0.25, -0.2) is 4.98 Å². The second-order valence-corrected chi connectivity index (χ2v) is 7.62. The number of ketones is 1. The Morgan fingerprint density at radius 1 is 1.19 bits per heavy atom. The molecule has 0 unspecified atom stereocenters. The van der Waals surface area contributed by atoms with Gasteiger partial charge in [0.2, 0.25) is 0 Å². The van der Waals surface area contributed by atoms with Gasteiger partial charge >= 0.3 is 6.18 Å². The molecule has 0 N–H and O–H groups in total. The van der Waals surface area contributed by atoms with Gasteiger partial charge in [0.1, 0.15) is 10.6 Å². The van der Waals surface area contributed by atoms with Crippen molar-refractivity contribution in [2.24, 2.45) is 0 Å². The van der Waals surface area contributed by atoms with Crippen molar-refractivity contribution in [2.45, 2.75) is 32.4 Å². The Balaban J connectivity index is 2.09. The van der Waals surface area contributed by atoms with Crippen LogP contribution in [0.15, 0.2) is 24.3 Å². The van der Waals surface area contributed by atoms with Crippen LogP contribution in [0, 0.1) is 6.92 Å². The van der Waals surface area contributed by atoms with Crippen molar-refractivity contribution in [3.05, 3.63) is 46.0 Å². The molecule has 0 bridgehead atoms. The maximum atomic E-state index is 13.3. The summed E-state index contributed by atoms with van der Waals surface area (Å²) in [5, 5.41) is 0.691. The Bertz CT molecular complexity index is 1050. The molecule has 0 spiro atoms. The number of benzene rings is 1. The van der Waals surface area contributed by atoms with Crippen molar-refractivity contribution >= 4 is 27.3 Å². The second kappa shape index (κ2) is 6.34. The summed E-state index contributed by atoms with van der Waals surface area (Å²) in [5.74, 6) is -1.25. The number of halogens is 3. The number of Topliss-reactive ketones (excluding diaryl/α,β-unsaturated/α-hetero) is 1. The number of aryl methyl sites for hydroxylation is 3. The number of thiophene rings is 1. The van der Waals surface area contributed by atoms with E-state index in [1.807, 2.05) is 0 Å². The number of hydrogen-bond acceptors (Lipinski definition) is 4. The first-order valence-corrected chi connectivity index (χ1v) is 9.33. The third-order valence-electron chi connectivity index (χ3n) is 4.90. The zero-order valence-electron chi connectivity index (χ0n) is 14.7. The van der Waals surface area contributed by atoms with Crippen molar-refractivity contribution in [3.63, 3.8) is 0 Å². The van der Waals surface area contributed by atoms with Crippen molar-refractivity contribution in [2.75, 3.05) is 7.11 Å². The Morgan fingerprint density at radius 2 is 1.89 bits per heavy atom. The molecule has 4 rings (SSSR count). The van der Waals surface area contributed by atoms with E-state index in [0.717, 1.165) is 29.7 Å². The summed E-state index contributed by atoms with van der Waals surface area (Å²) in [6.07, 6.45) is -2.29. The number of rotatable bonds is 3. The zero-order valence-corrected chi connectivity index (χ0v) is 15.6. The molecule has 3 nitrogen and oxygen atoms in total. The fraction of sp³-hybridized carbons (Fsp3) is 0.300. The predicted molar refractivity (Wildman–Crippen MR) is 98.8 cm³/mol. The van der Waals surface area contributed by atoms with Crippen LogP contribution in [0.5, 0.6) is 5.75 Å². The average Bonchev–Trinajstić information content (AvgIpc) is 3.20. The van der Waals surface area contributed by atoms with E-state index >= 15 is 0 Å². The van der Waals surface area contributed by atoms with Crippen LogP contribution >= 0.6 is 11.3 Å². The van der Waals surface area contributed by atoms with Crippen LogP contribution in [-0.2, 0) is 12.8 Å². The quantitative estimate of drug-likeness (QED) is 0.553. The van der Waals surface area contributed by atoms with Crippen LogP contribution < -0.4 is 4.74 Å². The largest absolute Gasteiger partial charge is 0.497 e. The van der Waals surface area contributed by atoms with E-state index in [4.69, 9.17) is 4.74 Å². The fourth-order valence-electron chi connectivity index (χ4n) is 3.71. The minimum Gasteiger partial charge on any atom is -0.497 e. The molecule has 3 aromatic rings. The molecule has 1 aliphatic rings. The number of carbonyl (C=O) groups excluding carboxylic acids is 1. The second-order valence-electron chi connectivity index (χ2n) is 6.54. The molecule has 1 aromatic carbocycles. The van der Waals surface area contributed by atoms with Crippen molar-refractivity contribution in [3.8, 4) is 16.9 Å². The predicted octanol–water partition coefficient (Wildman–Crippen LogP) is 5.51. The van der Waals surface area contributed by atoms with E-state index in [2.05, 4.69) is 4.98 Å². The van der Waals surface area contributed by atoms with E-state index in [1.54, 1.807) is 24.3 Å². The summed E-state index contributed by atoms with van der Waals surface area (Å²) in [5.41, 5.74) is 1.68. The van der Waals surface area contributed by atoms with Crippen LogP contribution in [0.4, 0.5) is 13.2 Å². The van der Waals surface area contributed by atoms with Crippen LogP contribution in [0.3, 0.4) is 0 Å². The number of nitrogens with zero attached hydrogens (tertiary/aromatic N) is 1. The Morgan fingerprint density at radius 3 is 2.52 bits per heavy atom. The SMILES string of the molecule is COc1ccc(-c2c(C(=O)C(F)(F)F)c(C)nc3sc4c(c23)CCC4)cc1. The molecule has 7 heteroatoms. The lowest BCUT2D eigenvalue weighted by molar-refractivity contribution is -0.0885. The van der Waals surface area contributed by atoms with Crippen LogP contribution in [0.2, 0.25) is 0 Å². The lowest BCUT2D eigenvalue weighted by Crippen LogP contribution is -2.25. The highest BCUT2D eigenvalue weighted by molar-refractivity contribution is 7.19. The maximum absolute atomic E-state index is 13.3. The third-order valence-corrected chi connectivity index (χ3v) is 6.08. The van der Waals surface area contributed by atoms with Crippen LogP contribution in [0.25, 0.3) is 21.3 Å². The van der Waals surface area contributed by atoms with E-state index in [0.29, 0.717) is 27.1 Å². The molecule has 0 saturated carbocycles. The molecule has 0 fully saturated rings. The number of hydrogen-bond donors (Lipinski definition) is 0. The third kappa shape index (κ3) is 2.90. The summed E-state index contributed by atoms with van der Waals surface area (Å²) >= 11 is 1.52. The molecule has 1 aliphatic carbocycles. The minimum atomic E-state index is -4.96. The van der Waals surface area contributed by atoms with Gasteiger partial charge in [-0.2, -0.15) is 13.2 Å². The number of aromatic nitrogens is 1. The first kappa shape index (κ1) is 18.0. The maximum Gasteiger partial charge on any atom is 0.454 e. The standard InChI is InChI=1S/C20H16F3NO2S/c1-10-15(18(25)20(21,22)23)16(11-6-8-12(26-2)9-7-11)17-13-4-3-5-14(13)27-19(17)24-10/h6-9H,3-5H2,1-2H3. The fourth-order valence-corrected chi connectivity index (χ4v) is 5.02. The first-order valence-electron chi connectivity index (χ1n) is 8.52. The highest BCUT2D eigenvalue weighted by Gasteiger charge is 2.42. The van der Waals surface area contributed by atoms with Gasteiger partial charge in [0.15, 0.2) is 0 Å². The first-order chi connectivity index (χ1) is 12.8. The molecule has 140 valence electrons. The normalized spacial score (nSPS) is 13.8. The van der Waals surface area contributed by atoms with E-state index in [-0.39, 0.29) is 11.3 Å². The minimum absolute atomic E-state index is 0.107. The molecule has 0 aliphatic heterocycles. The summed E-state index contributed by atoms with van der Waals surface area (Å²) in [6, 6.07) is 6.76. The van der Waals surface area contributed by atoms with Gasteiger partial charge in [-0.15, -0.1) is 11.3 Å². The van der Waals surface area contributed by atoms with Crippen molar-refractivity contribution < 1.29 is 22.7 Å². The molecule has 0 amide bonds. The van der Waals surface area contributed by atoms with E-state index < -0.39 is 12.0 Å².